The summed E-state index contributed by atoms with van der Waals surface area (Å²) in [5.41, 5.74) is -0.409. The first-order valence-electron chi connectivity index (χ1n) is 6.64. The topological polar surface area (TPSA) is 50.4 Å². The summed E-state index contributed by atoms with van der Waals surface area (Å²) in [7, 11) is 0. The van der Waals surface area contributed by atoms with Crippen molar-refractivity contribution in [2.24, 2.45) is 11.8 Å². The molecule has 1 saturated carbocycles. The van der Waals surface area contributed by atoms with Crippen molar-refractivity contribution < 1.29 is 9.53 Å². The Morgan fingerprint density at radius 1 is 1.41 bits per heavy atom. The van der Waals surface area contributed by atoms with Crippen LogP contribution in [0, 0.1) is 11.8 Å². The summed E-state index contributed by atoms with van der Waals surface area (Å²) >= 11 is 0. The number of ether oxygens (including phenoxy) is 1. The third-order valence-electron chi connectivity index (χ3n) is 3.67. The molecule has 3 rings (SSSR count). The summed E-state index contributed by atoms with van der Waals surface area (Å²) in [5.74, 6) is 1.39. The quantitative estimate of drug-likeness (QED) is 0.775. The van der Waals surface area contributed by atoms with E-state index >= 15 is 0 Å². The van der Waals surface area contributed by atoms with E-state index in [1.165, 1.54) is 19.3 Å². The number of fused-ring (bicyclic) bond motifs is 3. The third-order valence-corrected chi connectivity index (χ3v) is 3.67. The summed E-state index contributed by atoms with van der Waals surface area (Å²) in [6.45, 7) is 7.56. The van der Waals surface area contributed by atoms with Crippen LogP contribution in [-0.2, 0) is 4.74 Å². The molecule has 2 N–H and O–H groups in total. The molecule has 2 aliphatic heterocycles. The van der Waals surface area contributed by atoms with Crippen LogP contribution in [0.5, 0.6) is 0 Å². The number of hydrogen-bond acceptors (Lipinski definition) is 3. The van der Waals surface area contributed by atoms with Gasteiger partial charge in [-0.15, -0.1) is 0 Å². The van der Waals surface area contributed by atoms with Gasteiger partial charge in [0.15, 0.2) is 0 Å². The molecule has 0 radical (unpaired) electrons. The molecule has 0 aromatic carbocycles. The molecule has 98 valence electrons. The molecule has 2 heterocycles. The number of rotatable bonds is 2. The van der Waals surface area contributed by atoms with Crippen LogP contribution in [0.25, 0.3) is 0 Å². The highest BCUT2D eigenvalue weighted by molar-refractivity contribution is 5.67. The Bertz CT molecular complexity index is 278. The van der Waals surface area contributed by atoms with Crippen LogP contribution >= 0.6 is 0 Å². The molecule has 0 unspecified atom stereocenters. The minimum Gasteiger partial charge on any atom is -0.444 e. The number of carbonyl (C=O) groups excluding carboxylic acids is 1. The number of piperidine rings is 2. The maximum atomic E-state index is 11.6. The zero-order chi connectivity index (χ0) is 12.5. The lowest BCUT2D eigenvalue weighted by atomic mass is 9.74. The van der Waals surface area contributed by atoms with Gasteiger partial charge in [-0.2, -0.15) is 0 Å². The van der Waals surface area contributed by atoms with Gasteiger partial charge in [-0.25, -0.2) is 4.79 Å². The molecular formula is C13H24N2O2. The van der Waals surface area contributed by atoms with Crippen LogP contribution in [0.3, 0.4) is 0 Å². The molecule has 1 amide bonds. The Balaban J connectivity index is 1.73. The van der Waals surface area contributed by atoms with Crippen molar-refractivity contribution in [1.82, 2.24) is 10.6 Å². The van der Waals surface area contributed by atoms with E-state index in [1.807, 2.05) is 20.8 Å². The van der Waals surface area contributed by atoms with E-state index in [9.17, 15) is 4.79 Å². The van der Waals surface area contributed by atoms with Crippen molar-refractivity contribution in [3.8, 4) is 0 Å². The molecule has 3 fully saturated rings. The van der Waals surface area contributed by atoms with Gasteiger partial charge < -0.3 is 15.4 Å². The number of hydrogen-bond donors (Lipinski definition) is 2. The van der Waals surface area contributed by atoms with Gasteiger partial charge in [0.1, 0.15) is 5.60 Å². The fourth-order valence-electron chi connectivity index (χ4n) is 2.89. The highest BCUT2D eigenvalue weighted by atomic mass is 16.6. The molecule has 3 atom stereocenters. The highest BCUT2D eigenvalue weighted by Crippen LogP contribution is 2.33. The first-order chi connectivity index (χ1) is 7.94. The van der Waals surface area contributed by atoms with Crippen molar-refractivity contribution in [3.05, 3.63) is 0 Å². The normalized spacial score (nSPS) is 32.3. The summed E-state index contributed by atoms with van der Waals surface area (Å²) < 4.78 is 5.24. The van der Waals surface area contributed by atoms with Gasteiger partial charge in [-0.05, 0) is 58.4 Å². The molecular weight excluding hydrogens is 216 g/mol. The summed E-state index contributed by atoms with van der Waals surface area (Å²) in [5, 5.41) is 6.44. The van der Waals surface area contributed by atoms with Gasteiger partial charge in [0.05, 0.1) is 0 Å². The predicted octanol–water partition coefficient (Wildman–Crippen LogP) is 1.90. The standard InChI is InChI=1S/C13H24N2O2/c1-13(2,3)17-12(16)15-8-10-6-9-4-5-11(10)14-7-9/h9-11,14H,4-8H2,1-3H3,(H,15,16)/t9-,10-,11-/m1/s1. The Morgan fingerprint density at radius 2 is 2.18 bits per heavy atom. The van der Waals surface area contributed by atoms with E-state index in [4.69, 9.17) is 4.74 Å². The molecule has 4 nitrogen and oxygen atoms in total. The molecule has 17 heavy (non-hydrogen) atoms. The minimum atomic E-state index is -0.409. The highest BCUT2D eigenvalue weighted by Gasteiger charge is 2.35. The number of nitrogens with one attached hydrogen (secondary N) is 2. The second-order valence-corrected chi connectivity index (χ2v) is 6.34. The van der Waals surface area contributed by atoms with Gasteiger partial charge in [-0.3, -0.25) is 0 Å². The molecule has 2 bridgehead atoms. The van der Waals surface area contributed by atoms with E-state index in [0.717, 1.165) is 19.0 Å². The largest absolute Gasteiger partial charge is 0.444 e. The maximum Gasteiger partial charge on any atom is 0.407 e. The second kappa shape index (κ2) is 4.84. The summed E-state index contributed by atoms with van der Waals surface area (Å²) in [6, 6.07) is 0.593. The molecule has 1 aliphatic carbocycles. The molecule has 0 spiro atoms. The third kappa shape index (κ3) is 3.60. The van der Waals surface area contributed by atoms with Gasteiger partial charge in [-0.1, -0.05) is 0 Å². The lowest BCUT2D eigenvalue weighted by molar-refractivity contribution is 0.0492. The Labute approximate surface area is 103 Å². The van der Waals surface area contributed by atoms with Crippen LogP contribution in [0.15, 0.2) is 0 Å². The summed E-state index contributed by atoms with van der Waals surface area (Å²) in [4.78, 5) is 11.6. The van der Waals surface area contributed by atoms with Crippen molar-refractivity contribution in [2.75, 3.05) is 13.1 Å². The minimum absolute atomic E-state index is 0.293. The lowest BCUT2D eigenvalue weighted by Crippen LogP contribution is -2.53. The number of alkyl carbamates (subject to hydrolysis) is 1. The molecule has 0 aromatic heterocycles. The van der Waals surface area contributed by atoms with Crippen molar-refractivity contribution in [3.63, 3.8) is 0 Å². The predicted molar refractivity (Wildman–Crippen MR) is 66.9 cm³/mol. The first kappa shape index (κ1) is 12.7. The van der Waals surface area contributed by atoms with Crippen LogP contribution in [0.2, 0.25) is 0 Å². The zero-order valence-electron chi connectivity index (χ0n) is 11.1. The smallest absolute Gasteiger partial charge is 0.407 e. The average molecular weight is 240 g/mol. The number of amides is 1. The fraction of sp³-hybridized carbons (Fsp3) is 0.923. The van der Waals surface area contributed by atoms with Crippen molar-refractivity contribution in [1.29, 1.82) is 0 Å². The zero-order valence-corrected chi connectivity index (χ0v) is 11.1. The van der Waals surface area contributed by atoms with Crippen LogP contribution < -0.4 is 10.6 Å². The average Bonchev–Trinajstić information content (AvgIpc) is 2.26. The van der Waals surface area contributed by atoms with E-state index in [2.05, 4.69) is 10.6 Å². The number of carbonyl (C=O) groups is 1. The van der Waals surface area contributed by atoms with Crippen molar-refractivity contribution in [2.45, 2.75) is 51.7 Å². The first-order valence-corrected chi connectivity index (χ1v) is 6.64. The fourth-order valence-corrected chi connectivity index (χ4v) is 2.89. The van der Waals surface area contributed by atoms with Crippen molar-refractivity contribution >= 4 is 6.09 Å². The molecule has 2 saturated heterocycles. The second-order valence-electron chi connectivity index (χ2n) is 6.34. The van der Waals surface area contributed by atoms with E-state index < -0.39 is 5.60 Å². The van der Waals surface area contributed by atoms with Crippen LogP contribution in [0.4, 0.5) is 4.79 Å². The molecule has 0 aromatic rings. The molecule has 4 heteroatoms. The Hall–Kier alpha value is -0.770. The van der Waals surface area contributed by atoms with Crippen LogP contribution in [0.1, 0.15) is 40.0 Å². The maximum absolute atomic E-state index is 11.6. The van der Waals surface area contributed by atoms with Crippen LogP contribution in [-0.4, -0.2) is 30.8 Å². The van der Waals surface area contributed by atoms with Gasteiger partial charge in [0.25, 0.3) is 0 Å². The van der Waals surface area contributed by atoms with Gasteiger partial charge in [0.2, 0.25) is 0 Å². The monoisotopic (exact) mass is 240 g/mol. The van der Waals surface area contributed by atoms with E-state index in [0.29, 0.717) is 12.0 Å². The Kier molecular flexibility index (Phi) is 3.61. The van der Waals surface area contributed by atoms with Gasteiger partial charge in [0, 0.05) is 12.6 Å². The Morgan fingerprint density at radius 3 is 2.65 bits per heavy atom. The van der Waals surface area contributed by atoms with E-state index in [1.54, 1.807) is 0 Å². The van der Waals surface area contributed by atoms with E-state index in [-0.39, 0.29) is 6.09 Å². The van der Waals surface area contributed by atoms with Gasteiger partial charge >= 0.3 is 6.09 Å². The molecule has 3 aliphatic rings. The lowest BCUT2D eigenvalue weighted by Gasteiger charge is -2.43. The summed E-state index contributed by atoms with van der Waals surface area (Å²) in [6.07, 6.45) is 3.55. The SMILES string of the molecule is CC(C)(C)OC(=O)NC[C@H]1C[C@H]2CC[C@H]1NC2.